The highest BCUT2D eigenvalue weighted by atomic mass is 19.1. The van der Waals surface area contributed by atoms with Crippen molar-refractivity contribution in [3.63, 3.8) is 0 Å². The van der Waals surface area contributed by atoms with Gasteiger partial charge < -0.3 is 14.6 Å². The minimum atomic E-state index is -0.626. The predicted molar refractivity (Wildman–Crippen MR) is 130 cm³/mol. The average molecular weight is 466 g/mol. The molecule has 1 N–H and O–H groups in total. The van der Waals surface area contributed by atoms with Gasteiger partial charge in [-0.2, -0.15) is 5.10 Å². The SMILES string of the molecule is C=CCOC[C@H](O)CN(Cc1c(C)nn(-c2ccccc2)c1Oc1ccccc1F)CC1CC1. The summed E-state index contributed by atoms with van der Waals surface area (Å²) in [5.41, 5.74) is 2.50. The van der Waals surface area contributed by atoms with Crippen LogP contribution in [0.2, 0.25) is 0 Å². The van der Waals surface area contributed by atoms with Crippen LogP contribution in [0.5, 0.6) is 11.6 Å². The number of aliphatic hydroxyl groups excluding tert-OH is 1. The largest absolute Gasteiger partial charge is 0.435 e. The number of rotatable bonds is 13. The van der Waals surface area contributed by atoms with Gasteiger partial charge in [0, 0.05) is 19.6 Å². The number of ether oxygens (including phenoxy) is 2. The molecule has 0 unspecified atom stereocenters. The molecule has 1 saturated carbocycles. The Kier molecular flexibility index (Phi) is 8.11. The third-order valence-corrected chi connectivity index (χ3v) is 5.79. The summed E-state index contributed by atoms with van der Waals surface area (Å²) >= 11 is 0. The van der Waals surface area contributed by atoms with E-state index in [-0.39, 0.29) is 12.4 Å². The Labute approximate surface area is 200 Å². The molecule has 0 spiro atoms. The van der Waals surface area contributed by atoms with Gasteiger partial charge in [0.05, 0.1) is 36.3 Å². The second-order valence-corrected chi connectivity index (χ2v) is 8.77. The zero-order valence-electron chi connectivity index (χ0n) is 19.6. The highest BCUT2D eigenvalue weighted by Crippen LogP contribution is 2.34. The molecule has 1 aliphatic carbocycles. The van der Waals surface area contributed by atoms with Crippen LogP contribution in [0.25, 0.3) is 5.69 Å². The molecule has 1 aliphatic rings. The van der Waals surface area contributed by atoms with Crippen LogP contribution in [-0.4, -0.2) is 52.2 Å². The van der Waals surface area contributed by atoms with E-state index in [1.54, 1.807) is 29.0 Å². The maximum absolute atomic E-state index is 14.5. The van der Waals surface area contributed by atoms with E-state index >= 15 is 0 Å². The lowest BCUT2D eigenvalue weighted by Crippen LogP contribution is -2.36. The molecule has 6 nitrogen and oxygen atoms in total. The highest BCUT2D eigenvalue weighted by Gasteiger charge is 2.28. The van der Waals surface area contributed by atoms with Gasteiger partial charge in [-0.15, -0.1) is 6.58 Å². The summed E-state index contributed by atoms with van der Waals surface area (Å²) in [6.45, 7) is 8.08. The van der Waals surface area contributed by atoms with E-state index in [4.69, 9.17) is 14.6 Å². The molecular weight excluding hydrogens is 433 g/mol. The van der Waals surface area contributed by atoms with Crippen LogP contribution < -0.4 is 4.74 Å². The molecule has 4 rings (SSSR count). The van der Waals surface area contributed by atoms with E-state index in [1.807, 2.05) is 37.3 Å². The second-order valence-electron chi connectivity index (χ2n) is 8.77. The van der Waals surface area contributed by atoms with E-state index in [1.165, 1.54) is 18.9 Å². The van der Waals surface area contributed by atoms with Gasteiger partial charge in [-0.25, -0.2) is 9.07 Å². The van der Waals surface area contributed by atoms with Crippen molar-refractivity contribution in [3.8, 4) is 17.3 Å². The van der Waals surface area contributed by atoms with Gasteiger partial charge in [0.25, 0.3) is 0 Å². The van der Waals surface area contributed by atoms with Crippen molar-refractivity contribution in [1.82, 2.24) is 14.7 Å². The van der Waals surface area contributed by atoms with Crippen molar-refractivity contribution < 1.29 is 19.0 Å². The Hall–Kier alpha value is -3.00. The Morgan fingerprint density at radius 3 is 2.65 bits per heavy atom. The van der Waals surface area contributed by atoms with Crippen molar-refractivity contribution in [1.29, 1.82) is 0 Å². The van der Waals surface area contributed by atoms with Crippen LogP contribution in [0.3, 0.4) is 0 Å². The quantitative estimate of drug-likeness (QED) is 0.288. The summed E-state index contributed by atoms with van der Waals surface area (Å²) in [5.74, 6) is 0.817. The lowest BCUT2D eigenvalue weighted by molar-refractivity contribution is 0.0235. The monoisotopic (exact) mass is 465 g/mol. The van der Waals surface area contributed by atoms with Crippen LogP contribution >= 0.6 is 0 Å². The van der Waals surface area contributed by atoms with Crippen molar-refractivity contribution in [2.45, 2.75) is 32.4 Å². The van der Waals surface area contributed by atoms with Gasteiger partial charge in [0.1, 0.15) is 0 Å². The van der Waals surface area contributed by atoms with Gasteiger partial charge in [0.2, 0.25) is 5.88 Å². The van der Waals surface area contributed by atoms with E-state index < -0.39 is 11.9 Å². The minimum Gasteiger partial charge on any atom is -0.435 e. The Morgan fingerprint density at radius 1 is 1.21 bits per heavy atom. The Bertz CT molecular complexity index is 1080. The van der Waals surface area contributed by atoms with Crippen molar-refractivity contribution in [2.75, 3.05) is 26.3 Å². The third kappa shape index (κ3) is 6.32. The zero-order chi connectivity index (χ0) is 23.9. The van der Waals surface area contributed by atoms with Crippen LogP contribution in [-0.2, 0) is 11.3 Å². The molecule has 3 aromatic rings. The van der Waals surface area contributed by atoms with Gasteiger partial charge >= 0.3 is 0 Å². The maximum atomic E-state index is 14.5. The molecule has 1 aromatic heterocycles. The first-order valence-corrected chi connectivity index (χ1v) is 11.7. The molecule has 1 atom stereocenters. The molecule has 34 heavy (non-hydrogen) atoms. The van der Waals surface area contributed by atoms with E-state index in [2.05, 4.69) is 11.5 Å². The summed E-state index contributed by atoms with van der Waals surface area (Å²) in [4.78, 5) is 2.22. The van der Waals surface area contributed by atoms with Gasteiger partial charge in [0.15, 0.2) is 11.6 Å². The number of aryl methyl sites for hydroxylation is 1. The molecule has 0 amide bonds. The van der Waals surface area contributed by atoms with Crippen LogP contribution in [0, 0.1) is 18.7 Å². The topological polar surface area (TPSA) is 59.8 Å². The predicted octanol–water partition coefficient (Wildman–Crippen LogP) is 4.89. The van der Waals surface area contributed by atoms with Gasteiger partial charge in [-0.3, -0.25) is 4.90 Å². The minimum absolute atomic E-state index is 0.146. The molecule has 0 saturated heterocycles. The number of aliphatic hydroxyl groups is 1. The summed E-state index contributed by atoms with van der Waals surface area (Å²) < 4.78 is 27.8. The maximum Gasteiger partial charge on any atom is 0.227 e. The summed E-state index contributed by atoms with van der Waals surface area (Å²) in [6, 6.07) is 16.0. The number of hydrogen-bond acceptors (Lipinski definition) is 5. The van der Waals surface area contributed by atoms with Gasteiger partial charge in [-0.05, 0) is 49.9 Å². The van der Waals surface area contributed by atoms with Gasteiger partial charge in [-0.1, -0.05) is 36.4 Å². The molecule has 180 valence electrons. The molecule has 1 fully saturated rings. The fourth-order valence-electron chi connectivity index (χ4n) is 3.93. The standard InChI is InChI=1S/C27H32FN3O3/c1-3-15-33-19-23(32)17-30(16-21-13-14-21)18-24-20(2)29-31(22-9-5-4-6-10-22)27(24)34-26-12-8-7-11-25(26)28/h3-12,21,23,32H,1,13-19H2,2H3/t23-/m1/s1. The fraction of sp³-hybridized carbons (Fsp3) is 0.370. The van der Waals surface area contributed by atoms with Crippen LogP contribution in [0.15, 0.2) is 67.3 Å². The number of hydrogen-bond donors (Lipinski definition) is 1. The normalized spacial score (nSPS) is 14.4. The fourth-order valence-corrected chi connectivity index (χ4v) is 3.93. The van der Waals surface area contributed by atoms with E-state index in [0.717, 1.165) is 23.5 Å². The molecule has 2 aromatic carbocycles. The first-order chi connectivity index (χ1) is 16.5. The first kappa shape index (κ1) is 24.1. The number of nitrogens with zero attached hydrogens (tertiary/aromatic N) is 3. The molecular formula is C27H32FN3O3. The third-order valence-electron chi connectivity index (χ3n) is 5.79. The number of halogens is 1. The van der Waals surface area contributed by atoms with Crippen molar-refractivity contribution >= 4 is 0 Å². The molecule has 7 heteroatoms. The first-order valence-electron chi connectivity index (χ1n) is 11.7. The lowest BCUT2D eigenvalue weighted by Gasteiger charge is -2.25. The van der Waals surface area contributed by atoms with Crippen molar-refractivity contribution in [3.05, 3.63) is 84.3 Å². The molecule has 0 bridgehead atoms. The van der Waals surface area contributed by atoms with Crippen LogP contribution in [0.1, 0.15) is 24.1 Å². The highest BCUT2D eigenvalue weighted by molar-refractivity contribution is 5.43. The second kappa shape index (κ2) is 11.4. The molecule has 0 radical (unpaired) electrons. The summed E-state index contributed by atoms with van der Waals surface area (Å²) in [6.07, 6.45) is 3.43. The van der Waals surface area contributed by atoms with E-state index in [0.29, 0.717) is 31.5 Å². The number of aromatic nitrogens is 2. The molecule has 1 heterocycles. The number of benzene rings is 2. The van der Waals surface area contributed by atoms with Crippen molar-refractivity contribution in [2.24, 2.45) is 5.92 Å². The summed E-state index contributed by atoms with van der Waals surface area (Å²) in [5, 5.41) is 15.3. The Balaban J connectivity index is 1.64. The number of para-hydroxylation sites is 2. The van der Waals surface area contributed by atoms with Crippen LogP contribution in [0.4, 0.5) is 4.39 Å². The Morgan fingerprint density at radius 2 is 1.94 bits per heavy atom. The zero-order valence-corrected chi connectivity index (χ0v) is 19.6. The molecule has 0 aliphatic heterocycles. The summed E-state index contributed by atoms with van der Waals surface area (Å²) in [7, 11) is 0. The van der Waals surface area contributed by atoms with E-state index in [9.17, 15) is 9.50 Å². The average Bonchev–Trinajstić information content (AvgIpc) is 3.60. The lowest BCUT2D eigenvalue weighted by atomic mass is 10.2. The smallest absolute Gasteiger partial charge is 0.227 e.